The fraction of sp³-hybridized carbons (Fsp3) is 0.440. The molecule has 0 aliphatic rings. The molecule has 0 aromatic heterocycles. The molecule has 180 valence electrons. The molecular weight excluding hydrogens is 438 g/mol. The first-order valence-electron chi connectivity index (χ1n) is 11.1. The third-order valence-electron chi connectivity index (χ3n) is 5.68. The summed E-state index contributed by atoms with van der Waals surface area (Å²) in [4.78, 5) is 27.7. The van der Waals surface area contributed by atoms with Crippen molar-refractivity contribution in [3.8, 4) is 0 Å². The van der Waals surface area contributed by atoms with Crippen LogP contribution in [0.4, 0.5) is 5.69 Å². The van der Waals surface area contributed by atoms with Crippen molar-refractivity contribution in [3.63, 3.8) is 0 Å². The van der Waals surface area contributed by atoms with Gasteiger partial charge in [-0.2, -0.15) is 0 Å². The maximum Gasteiger partial charge on any atom is 0.244 e. The number of hydrogen-bond acceptors (Lipinski definition) is 4. The van der Waals surface area contributed by atoms with Crippen LogP contribution in [0, 0.1) is 20.8 Å². The Morgan fingerprint density at radius 1 is 1.06 bits per heavy atom. The summed E-state index contributed by atoms with van der Waals surface area (Å²) in [6.07, 6.45) is 1.86. The highest BCUT2D eigenvalue weighted by Gasteiger charge is 2.30. The Kier molecular flexibility index (Phi) is 9.05. The lowest BCUT2D eigenvalue weighted by atomic mass is 10.1. The fourth-order valence-electron chi connectivity index (χ4n) is 3.59. The topological polar surface area (TPSA) is 86.8 Å². The van der Waals surface area contributed by atoms with Gasteiger partial charge in [-0.05, 0) is 56.9 Å². The number of hydrogen-bond donors (Lipinski definition) is 1. The summed E-state index contributed by atoms with van der Waals surface area (Å²) in [6, 6.07) is 12.3. The molecule has 2 amide bonds. The molecule has 0 unspecified atom stereocenters. The van der Waals surface area contributed by atoms with Gasteiger partial charge in [-0.25, -0.2) is 8.42 Å². The van der Waals surface area contributed by atoms with Crippen molar-refractivity contribution >= 4 is 27.5 Å². The van der Waals surface area contributed by atoms with Crippen LogP contribution in [0.5, 0.6) is 0 Å². The van der Waals surface area contributed by atoms with Gasteiger partial charge in [-0.1, -0.05) is 48.9 Å². The van der Waals surface area contributed by atoms with Gasteiger partial charge in [0.25, 0.3) is 0 Å². The molecule has 1 N–H and O–H groups in total. The number of benzene rings is 2. The average Bonchev–Trinajstić information content (AvgIpc) is 2.75. The molecule has 0 saturated carbocycles. The Bertz CT molecular complexity index is 1100. The van der Waals surface area contributed by atoms with Crippen LogP contribution in [0.25, 0.3) is 0 Å². The molecule has 2 aromatic carbocycles. The second-order valence-corrected chi connectivity index (χ2v) is 10.4. The summed E-state index contributed by atoms with van der Waals surface area (Å²) in [5, 5.41) is 2.83. The maximum atomic E-state index is 13.5. The third-order valence-corrected chi connectivity index (χ3v) is 6.80. The summed E-state index contributed by atoms with van der Waals surface area (Å²) in [5.74, 6) is -0.711. The minimum Gasteiger partial charge on any atom is -0.354 e. The molecule has 2 rings (SSSR count). The second-order valence-electron chi connectivity index (χ2n) is 8.47. The maximum absolute atomic E-state index is 13.5. The van der Waals surface area contributed by atoms with Crippen molar-refractivity contribution in [1.82, 2.24) is 10.2 Å². The van der Waals surface area contributed by atoms with Gasteiger partial charge in [-0.15, -0.1) is 0 Å². The molecule has 0 saturated heterocycles. The summed E-state index contributed by atoms with van der Waals surface area (Å²) < 4.78 is 26.5. The molecule has 0 heterocycles. The molecule has 0 aliphatic heterocycles. The lowest BCUT2D eigenvalue weighted by Gasteiger charge is -2.32. The van der Waals surface area contributed by atoms with Crippen LogP contribution in [-0.2, 0) is 26.2 Å². The zero-order chi connectivity index (χ0) is 24.8. The number of carbonyl (C=O) groups excluding carboxylic acids is 2. The first-order chi connectivity index (χ1) is 15.5. The lowest BCUT2D eigenvalue weighted by Crippen LogP contribution is -2.51. The fourth-order valence-corrected chi connectivity index (χ4v) is 4.49. The molecule has 0 radical (unpaired) electrons. The Hall–Kier alpha value is -2.87. The molecule has 7 nitrogen and oxygen atoms in total. The second kappa shape index (κ2) is 11.3. The van der Waals surface area contributed by atoms with Crippen molar-refractivity contribution in [2.45, 2.75) is 53.6 Å². The predicted octanol–water partition coefficient (Wildman–Crippen LogP) is 3.32. The molecule has 0 aliphatic carbocycles. The van der Waals surface area contributed by atoms with Crippen LogP contribution < -0.4 is 9.62 Å². The zero-order valence-corrected chi connectivity index (χ0v) is 21.2. The van der Waals surface area contributed by atoms with Crippen LogP contribution in [0.2, 0.25) is 0 Å². The quantitative estimate of drug-likeness (QED) is 0.574. The van der Waals surface area contributed by atoms with Gasteiger partial charge in [0, 0.05) is 13.1 Å². The Morgan fingerprint density at radius 3 is 2.33 bits per heavy atom. The molecule has 0 bridgehead atoms. The Balaban J connectivity index is 2.42. The zero-order valence-electron chi connectivity index (χ0n) is 20.4. The summed E-state index contributed by atoms with van der Waals surface area (Å²) in [5.41, 5.74) is 4.09. The summed E-state index contributed by atoms with van der Waals surface area (Å²) in [7, 11) is -3.74. The number of aryl methyl sites for hydroxylation is 2. The number of carbonyl (C=O) groups is 2. The number of anilines is 1. The normalized spacial score (nSPS) is 12.2. The highest BCUT2D eigenvalue weighted by atomic mass is 32.2. The van der Waals surface area contributed by atoms with E-state index >= 15 is 0 Å². The molecule has 2 aromatic rings. The van der Waals surface area contributed by atoms with Gasteiger partial charge >= 0.3 is 0 Å². The number of rotatable bonds is 10. The minimum atomic E-state index is -3.74. The largest absolute Gasteiger partial charge is 0.354 e. The number of amides is 2. The highest BCUT2D eigenvalue weighted by molar-refractivity contribution is 7.92. The van der Waals surface area contributed by atoms with E-state index in [1.165, 1.54) is 4.90 Å². The van der Waals surface area contributed by atoms with Gasteiger partial charge in [0.1, 0.15) is 12.6 Å². The molecule has 33 heavy (non-hydrogen) atoms. The molecule has 0 spiro atoms. The molecule has 8 heteroatoms. The van der Waals surface area contributed by atoms with Crippen molar-refractivity contribution < 1.29 is 18.0 Å². The van der Waals surface area contributed by atoms with E-state index in [1.54, 1.807) is 19.1 Å². The van der Waals surface area contributed by atoms with Gasteiger partial charge in [-0.3, -0.25) is 13.9 Å². The van der Waals surface area contributed by atoms with Crippen LogP contribution in [-0.4, -0.2) is 50.5 Å². The number of sulfonamides is 1. The van der Waals surface area contributed by atoms with Gasteiger partial charge in [0.15, 0.2) is 0 Å². The van der Waals surface area contributed by atoms with E-state index < -0.39 is 22.0 Å². The van der Waals surface area contributed by atoms with Gasteiger partial charge < -0.3 is 10.2 Å². The highest BCUT2D eigenvalue weighted by Crippen LogP contribution is 2.25. The monoisotopic (exact) mass is 473 g/mol. The van der Waals surface area contributed by atoms with E-state index in [2.05, 4.69) is 5.32 Å². The van der Waals surface area contributed by atoms with Crippen molar-refractivity contribution in [1.29, 1.82) is 0 Å². The van der Waals surface area contributed by atoms with E-state index in [1.807, 2.05) is 58.0 Å². The molecule has 0 fully saturated rings. The van der Waals surface area contributed by atoms with Gasteiger partial charge in [0.05, 0.1) is 11.9 Å². The number of nitrogens with zero attached hydrogens (tertiary/aromatic N) is 2. The molecular formula is C25H35N3O4S. The van der Waals surface area contributed by atoms with Crippen LogP contribution in [0.3, 0.4) is 0 Å². The average molecular weight is 474 g/mol. The standard InChI is InChI=1S/C25H35N3O4S/c1-7-14-26-25(30)21(5)27(16-22-12-8-10-18(2)15-22)24(29)17-28(33(6,31)32)23-13-9-11-19(3)20(23)4/h8-13,15,21H,7,14,16-17H2,1-6H3,(H,26,30)/t21-/m1/s1. The third kappa shape index (κ3) is 7.05. The molecule has 1 atom stereocenters. The van der Waals surface area contributed by atoms with Crippen LogP contribution >= 0.6 is 0 Å². The van der Waals surface area contributed by atoms with E-state index in [0.29, 0.717) is 12.2 Å². The summed E-state index contributed by atoms with van der Waals surface area (Å²) >= 11 is 0. The first-order valence-corrected chi connectivity index (χ1v) is 13.0. The summed E-state index contributed by atoms with van der Waals surface area (Å²) in [6.45, 7) is 9.62. The van der Waals surface area contributed by atoms with E-state index in [4.69, 9.17) is 0 Å². The minimum absolute atomic E-state index is 0.200. The van der Waals surface area contributed by atoms with E-state index in [9.17, 15) is 18.0 Å². The van der Waals surface area contributed by atoms with E-state index in [0.717, 1.165) is 39.2 Å². The van der Waals surface area contributed by atoms with Crippen molar-refractivity contribution in [2.24, 2.45) is 0 Å². The van der Waals surface area contributed by atoms with Crippen molar-refractivity contribution in [2.75, 3.05) is 23.7 Å². The number of nitrogens with one attached hydrogen (secondary N) is 1. The smallest absolute Gasteiger partial charge is 0.244 e. The van der Waals surface area contributed by atoms with Gasteiger partial charge in [0.2, 0.25) is 21.8 Å². The van der Waals surface area contributed by atoms with Crippen molar-refractivity contribution in [3.05, 3.63) is 64.7 Å². The SMILES string of the molecule is CCCNC(=O)[C@@H](C)N(Cc1cccc(C)c1)C(=O)CN(c1cccc(C)c1C)S(C)(=O)=O. The van der Waals surface area contributed by atoms with E-state index in [-0.39, 0.29) is 19.0 Å². The Labute approximate surface area is 197 Å². The Morgan fingerprint density at radius 2 is 1.73 bits per heavy atom. The lowest BCUT2D eigenvalue weighted by molar-refractivity contribution is -0.139. The van der Waals surface area contributed by atoms with Crippen LogP contribution in [0.15, 0.2) is 42.5 Å². The predicted molar refractivity (Wildman–Crippen MR) is 133 cm³/mol. The van der Waals surface area contributed by atoms with Crippen LogP contribution in [0.1, 0.15) is 42.5 Å². The first kappa shape index (κ1) is 26.4.